The SMILES string of the molecule is CC[C@H]1OC(=O)[C@H](C)[C@@H](OC(=O)CN2CCOCC2)[C@H](C)[C@@H](O[C@@H]2O[C@H](C)C[C@H](N(C)C)[C@H]2OC(C)=O)[C@](C)(OC)C[C@@H](C)C(=O)[C@H](C)[C@H]2N(CCCOc3cc(C(=O)Cc4c(Cl)cncc4Cl)ccc3OC)C(=O)O[C@]12C. The predicted octanol–water partition coefficient (Wildman–Crippen LogP) is 7.04. The molecule has 0 bridgehead atoms. The van der Waals surface area contributed by atoms with Crippen LogP contribution in [0, 0.1) is 23.7 Å². The highest BCUT2D eigenvalue weighted by atomic mass is 35.5. The van der Waals surface area contributed by atoms with Gasteiger partial charge in [-0.1, -0.05) is 50.9 Å². The molecule has 2 aromatic rings. The monoisotopic (exact) mass is 1130 g/mol. The van der Waals surface area contributed by atoms with Gasteiger partial charge in [-0.25, -0.2) is 4.79 Å². The smallest absolute Gasteiger partial charge is 0.410 e. The van der Waals surface area contributed by atoms with E-state index in [0.717, 1.165) is 0 Å². The minimum atomic E-state index is -1.56. The summed E-state index contributed by atoms with van der Waals surface area (Å²) < 4.78 is 62.4. The van der Waals surface area contributed by atoms with Gasteiger partial charge in [-0.2, -0.15) is 0 Å². The van der Waals surface area contributed by atoms with Crippen molar-refractivity contribution in [1.29, 1.82) is 0 Å². The number of esters is 3. The summed E-state index contributed by atoms with van der Waals surface area (Å²) in [6, 6.07) is 3.49. The van der Waals surface area contributed by atoms with Crippen LogP contribution in [0.3, 0.4) is 0 Å². The molecule has 1 amide bonds. The quantitative estimate of drug-likeness (QED) is 0.0633. The van der Waals surface area contributed by atoms with Gasteiger partial charge in [0.1, 0.15) is 18.0 Å². The molecule has 0 unspecified atom stereocenters. The van der Waals surface area contributed by atoms with Gasteiger partial charge < -0.3 is 57.2 Å². The fraction of sp³-hybridized carbons (Fsp3) is 0.696. The highest BCUT2D eigenvalue weighted by Crippen LogP contribution is 2.44. The van der Waals surface area contributed by atoms with Crippen LogP contribution in [0.4, 0.5) is 4.79 Å². The summed E-state index contributed by atoms with van der Waals surface area (Å²) in [5, 5.41) is 0.522. The van der Waals surface area contributed by atoms with E-state index in [0.29, 0.717) is 49.6 Å². The number of cyclic esters (lactones) is 1. The first kappa shape index (κ1) is 62.5. The minimum absolute atomic E-state index is 0.0418. The van der Waals surface area contributed by atoms with Gasteiger partial charge >= 0.3 is 24.0 Å². The number of hydrogen-bond donors (Lipinski definition) is 0. The summed E-state index contributed by atoms with van der Waals surface area (Å²) in [6.45, 7) is 17.3. The van der Waals surface area contributed by atoms with Gasteiger partial charge in [-0.15, -0.1) is 0 Å². The minimum Gasteiger partial charge on any atom is -0.493 e. The molecule has 0 radical (unpaired) electrons. The number of likely N-dealkylation sites (N-methyl/N-ethyl adjacent to an activating group) is 1. The number of amides is 1. The number of pyridine rings is 1. The Bertz CT molecular complexity index is 2430. The zero-order chi connectivity index (χ0) is 57.4. The Morgan fingerprint density at radius 3 is 2.22 bits per heavy atom. The number of methoxy groups -OCH3 is 2. The molecule has 0 N–H and O–H groups in total. The van der Waals surface area contributed by atoms with E-state index in [9.17, 15) is 24.0 Å². The lowest BCUT2D eigenvalue weighted by Crippen LogP contribution is -2.61. The number of ketones is 2. The zero-order valence-electron chi connectivity index (χ0n) is 47.4. The molecule has 434 valence electrons. The summed E-state index contributed by atoms with van der Waals surface area (Å²) >= 11 is 12.6. The summed E-state index contributed by atoms with van der Waals surface area (Å²) in [5.74, 6) is -5.47. The second kappa shape index (κ2) is 27.2. The number of nitrogens with zero attached hydrogens (tertiary/aromatic N) is 4. The van der Waals surface area contributed by atoms with Crippen molar-refractivity contribution in [2.75, 3.05) is 74.3 Å². The van der Waals surface area contributed by atoms with Crippen LogP contribution < -0.4 is 9.47 Å². The molecule has 20 nitrogen and oxygen atoms in total. The summed E-state index contributed by atoms with van der Waals surface area (Å²) in [4.78, 5) is 94.2. The Labute approximate surface area is 468 Å². The van der Waals surface area contributed by atoms with Crippen LogP contribution in [0.25, 0.3) is 0 Å². The Kier molecular flexibility index (Phi) is 21.8. The lowest BCUT2D eigenvalue weighted by atomic mass is 9.73. The Hall–Kier alpha value is -4.67. The van der Waals surface area contributed by atoms with Crippen molar-refractivity contribution in [2.24, 2.45) is 23.7 Å². The van der Waals surface area contributed by atoms with E-state index in [1.807, 2.05) is 30.8 Å². The van der Waals surface area contributed by atoms with Crippen molar-refractivity contribution in [3.05, 3.63) is 51.8 Å². The van der Waals surface area contributed by atoms with Crippen LogP contribution in [-0.4, -0.2) is 190 Å². The lowest BCUT2D eigenvalue weighted by Gasteiger charge is -2.49. The maximum absolute atomic E-state index is 15.3. The first-order valence-corrected chi connectivity index (χ1v) is 27.7. The second-order valence-electron chi connectivity index (χ2n) is 21.8. The Balaban J connectivity index is 1.34. The number of hydrogen-bond acceptors (Lipinski definition) is 19. The molecule has 78 heavy (non-hydrogen) atoms. The maximum atomic E-state index is 15.3. The van der Waals surface area contributed by atoms with Crippen LogP contribution in [0.5, 0.6) is 11.5 Å². The Morgan fingerprint density at radius 2 is 1.60 bits per heavy atom. The molecule has 4 aliphatic rings. The van der Waals surface area contributed by atoms with Crippen molar-refractivity contribution >= 4 is 58.8 Å². The van der Waals surface area contributed by atoms with E-state index >= 15 is 4.79 Å². The van der Waals surface area contributed by atoms with Crippen LogP contribution in [0.2, 0.25) is 10.0 Å². The van der Waals surface area contributed by atoms with E-state index in [-0.39, 0.29) is 84.9 Å². The maximum Gasteiger partial charge on any atom is 0.410 e. The van der Waals surface area contributed by atoms with E-state index < -0.39 is 95.6 Å². The molecular formula is C56H80Cl2N4O16. The van der Waals surface area contributed by atoms with Crippen molar-refractivity contribution in [3.8, 4) is 11.5 Å². The van der Waals surface area contributed by atoms with Gasteiger partial charge in [0.2, 0.25) is 0 Å². The van der Waals surface area contributed by atoms with Gasteiger partial charge in [0.15, 0.2) is 35.3 Å². The molecule has 0 aliphatic carbocycles. The van der Waals surface area contributed by atoms with Gasteiger partial charge in [0.25, 0.3) is 0 Å². The number of morpholine rings is 1. The number of halogens is 2. The summed E-state index contributed by atoms with van der Waals surface area (Å²) in [5.41, 5.74) is -2.19. The fourth-order valence-corrected chi connectivity index (χ4v) is 12.2. The first-order chi connectivity index (χ1) is 36.9. The van der Waals surface area contributed by atoms with Crippen LogP contribution in [-0.2, 0) is 63.5 Å². The third-order valence-corrected chi connectivity index (χ3v) is 16.6. The van der Waals surface area contributed by atoms with E-state index in [4.69, 9.17) is 70.6 Å². The highest BCUT2D eigenvalue weighted by Gasteiger charge is 2.61. The van der Waals surface area contributed by atoms with Gasteiger partial charge in [-0.05, 0) is 85.7 Å². The van der Waals surface area contributed by atoms with Gasteiger partial charge in [-0.3, -0.25) is 33.9 Å². The van der Waals surface area contributed by atoms with Crippen molar-refractivity contribution in [1.82, 2.24) is 19.7 Å². The summed E-state index contributed by atoms with van der Waals surface area (Å²) in [7, 11) is 6.72. The van der Waals surface area contributed by atoms with E-state index in [1.54, 1.807) is 66.7 Å². The largest absolute Gasteiger partial charge is 0.493 e. The third kappa shape index (κ3) is 14.4. The van der Waals surface area contributed by atoms with E-state index in [1.165, 1.54) is 38.4 Å². The molecule has 4 saturated heterocycles. The number of carbonyl (C=O) groups is 6. The second-order valence-corrected chi connectivity index (χ2v) is 22.6. The molecule has 4 aliphatic heterocycles. The van der Waals surface area contributed by atoms with Crippen LogP contribution in [0.1, 0.15) is 104 Å². The number of rotatable bonds is 18. The number of ether oxygens (including phenoxy) is 10. The lowest BCUT2D eigenvalue weighted by molar-refractivity contribution is -0.304. The standard InChI is InChI=1S/C56H80Cl2N4O16/c1-14-45-56(9)50(62(54(68)78-56)18-15-21-72-44-25-37(16-17-43(44)69-12)42(64)26-38-39(57)28-59-29-40(38)58)33(4)47(66)31(2)27-55(8,70-13)51(77-53-49(74-36(7)63)41(60(10)11)24-32(3)73-53)34(5)48(35(6)52(67)75-45)76-46(65)30-61-19-22-71-23-20-61/h16-17,25,28-29,31-35,41,45,48-51,53H,14-15,18-24,26-27,30H2,1-13H3/t31-,32-,33+,34+,35-,41+,45-,48+,49-,50-,51-,53+,55-,56-/m1/s1. The zero-order valence-corrected chi connectivity index (χ0v) is 48.9. The molecule has 1 aromatic carbocycles. The number of fused-ring (bicyclic) bond motifs is 1. The molecule has 22 heteroatoms. The summed E-state index contributed by atoms with van der Waals surface area (Å²) in [6.07, 6.45) is -2.86. The van der Waals surface area contributed by atoms with Crippen LogP contribution >= 0.6 is 23.2 Å². The average molecular weight is 1140 g/mol. The average Bonchev–Trinajstić information content (AvgIpc) is 3.78. The normalized spacial score (nSPS) is 32.4. The van der Waals surface area contributed by atoms with Crippen molar-refractivity contribution in [3.63, 3.8) is 0 Å². The molecule has 5 heterocycles. The van der Waals surface area contributed by atoms with Crippen molar-refractivity contribution in [2.45, 2.75) is 155 Å². The predicted molar refractivity (Wildman–Crippen MR) is 287 cm³/mol. The van der Waals surface area contributed by atoms with Gasteiger partial charge in [0, 0.05) is 81.4 Å². The number of Topliss-reactive ketones (excluding diaryl/α,β-unsaturated/α-hetero) is 2. The molecule has 4 fully saturated rings. The topological polar surface area (TPSA) is 217 Å². The molecule has 1 aromatic heterocycles. The molecular weight excluding hydrogens is 1060 g/mol. The molecule has 6 rings (SSSR count). The molecule has 14 atom stereocenters. The van der Waals surface area contributed by atoms with Crippen LogP contribution in [0.15, 0.2) is 30.6 Å². The molecule has 0 spiro atoms. The molecule has 0 saturated carbocycles. The highest BCUT2D eigenvalue weighted by molar-refractivity contribution is 6.36. The third-order valence-electron chi connectivity index (χ3n) is 15.9. The fourth-order valence-electron chi connectivity index (χ4n) is 11.7. The number of benzene rings is 1. The first-order valence-electron chi connectivity index (χ1n) is 26.9. The number of carbonyl (C=O) groups excluding carboxylic acids is 6. The Morgan fingerprint density at radius 1 is 0.923 bits per heavy atom. The number of aromatic nitrogens is 1. The van der Waals surface area contributed by atoms with E-state index in [2.05, 4.69) is 4.98 Å². The van der Waals surface area contributed by atoms with Crippen molar-refractivity contribution < 1.29 is 76.1 Å². The van der Waals surface area contributed by atoms with Gasteiger partial charge in [0.05, 0.1) is 79.3 Å².